The van der Waals surface area contributed by atoms with Crippen LogP contribution in [0.3, 0.4) is 0 Å². The van der Waals surface area contributed by atoms with Crippen molar-refractivity contribution >= 4 is 5.91 Å². The molecule has 1 aromatic carbocycles. The summed E-state index contributed by atoms with van der Waals surface area (Å²) in [5.41, 5.74) is 6.90. The maximum absolute atomic E-state index is 11.6. The molecule has 0 heterocycles. The van der Waals surface area contributed by atoms with Gasteiger partial charge in [-0.25, -0.2) is 0 Å². The molecule has 0 aliphatic carbocycles. The molecule has 1 aromatic rings. The van der Waals surface area contributed by atoms with Crippen LogP contribution in [-0.2, 0) is 16.0 Å². The molecule has 0 fully saturated rings. The molecule has 0 radical (unpaired) electrons. The molecule has 0 unspecified atom stereocenters. The van der Waals surface area contributed by atoms with Crippen molar-refractivity contribution in [1.29, 1.82) is 0 Å². The number of benzene rings is 1. The Labute approximate surface area is 102 Å². The zero-order valence-electron chi connectivity index (χ0n) is 10.2. The van der Waals surface area contributed by atoms with Gasteiger partial charge in [-0.05, 0) is 18.4 Å². The molecule has 0 spiro atoms. The summed E-state index contributed by atoms with van der Waals surface area (Å²) in [7, 11) is 1.64. The van der Waals surface area contributed by atoms with Gasteiger partial charge in [0.2, 0.25) is 5.91 Å². The van der Waals surface area contributed by atoms with Crippen molar-refractivity contribution in [3.05, 3.63) is 35.9 Å². The second kappa shape index (κ2) is 7.81. The normalized spacial score (nSPS) is 12.1. The molecule has 0 saturated carbocycles. The number of nitrogens with two attached hydrogens (primary N) is 1. The first-order chi connectivity index (χ1) is 8.24. The number of amides is 1. The Morgan fingerprint density at radius 2 is 2.12 bits per heavy atom. The molecule has 0 bridgehead atoms. The number of nitrogens with one attached hydrogen (secondary N) is 1. The van der Waals surface area contributed by atoms with Gasteiger partial charge >= 0.3 is 0 Å². The summed E-state index contributed by atoms with van der Waals surface area (Å²) < 4.78 is 4.90. The lowest BCUT2D eigenvalue weighted by Gasteiger charge is -2.12. The van der Waals surface area contributed by atoms with Gasteiger partial charge in [0.25, 0.3) is 0 Å². The predicted octanol–water partition coefficient (Wildman–Crippen LogP) is 0.709. The lowest BCUT2D eigenvalue weighted by molar-refractivity contribution is -0.122. The van der Waals surface area contributed by atoms with E-state index in [1.54, 1.807) is 7.11 Å². The van der Waals surface area contributed by atoms with Gasteiger partial charge in [0.15, 0.2) is 0 Å². The fraction of sp³-hybridized carbons (Fsp3) is 0.462. The van der Waals surface area contributed by atoms with E-state index in [1.165, 1.54) is 0 Å². The molecule has 0 aromatic heterocycles. The van der Waals surface area contributed by atoms with Crippen molar-refractivity contribution in [3.8, 4) is 0 Å². The number of carbonyl (C=O) groups is 1. The van der Waals surface area contributed by atoms with Crippen LogP contribution in [-0.4, -0.2) is 32.2 Å². The maximum atomic E-state index is 11.6. The maximum Gasteiger partial charge on any atom is 0.237 e. The van der Waals surface area contributed by atoms with Gasteiger partial charge < -0.3 is 15.8 Å². The molecular weight excluding hydrogens is 216 g/mol. The third kappa shape index (κ3) is 5.47. The number of hydrogen-bond donors (Lipinski definition) is 2. The third-order valence-corrected chi connectivity index (χ3v) is 2.46. The van der Waals surface area contributed by atoms with Crippen molar-refractivity contribution in [1.82, 2.24) is 5.32 Å². The number of hydrogen-bond acceptors (Lipinski definition) is 3. The number of ether oxygens (including phenoxy) is 1. The van der Waals surface area contributed by atoms with E-state index < -0.39 is 6.04 Å². The van der Waals surface area contributed by atoms with Crippen LogP contribution in [0.2, 0.25) is 0 Å². The highest BCUT2D eigenvalue weighted by Crippen LogP contribution is 2.01. The fourth-order valence-electron chi connectivity index (χ4n) is 1.52. The van der Waals surface area contributed by atoms with E-state index >= 15 is 0 Å². The zero-order chi connectivity index (χ0) is 12.5. The van der Waals surface area contributed by atoms with Crippen LogP contribution in [0, 0.1) is 0 Å². The van der Waals surface area contributed by atoms with E-state index in [0.29, 0.717) is 19.6 Å². The first-order valence-electron chi connectivity index (χ1n) is 5.80. The van der Waals surface area contributed by atoms with Crippen LogP contribution < -0.4 is 11.1 Å². The van der Waals surface area contributed by atoms with Gasteiger partial charge in [-0.15, -0.1) is 0 Å². The van der Waals surface area contributed by atoms with Crippen LogP contribution in [0.15, 0.2) is 30.3 Å². The highest BCUT2D eigenvalue weighted by molar-refractivity contribution is 5.81. The van der Waals surface area contributed by atoms with Crippen molar-refractivity contribution in [2.24, 2.45) is 5.73 Å². The van der Waals surface area contributed by atoms with Gasteiger partial charge in [0, 0.05) is 20.3 Å². The Bertz CT molecular complexity index is 327. The van der Waals surface area contributed by atoms with E-state index in [2.05, 4.69) is 5.32 Å². The van der Waals surface area contributed by atoms with Gasteiger partial charge in [-0.3, -0.25) is 4.79 Å². The molecule has 0 aliphatic rings. The lowest BCUT2D eigenvalue weighted by atomic mass is 10.1. The van der Waals surface area contributed by atoms with Gasteiger partial charge in [-0.2, -0.15) is 0 Å². The number of methoxy groups -OCH3 is 1. The highest BCUT2D eigenvalue weighted by atomic mass is 16.5. The Balaban J connectivity index is 2.27. The molecule has 4 nitrogen and oxygen atoms in total. The number of rotatable bonds is 7. The molecule has 94 valence electrons. The van der Waals surface area contributed by atoms with Crippen LogP contribution in [0.4, 0.5) is 0 Å². The van der Waals surface area contributed by atoms with Crippen LogP contribution >= 0.6 is 0 Å². The molecule has 17 heavy (non-hydrogen) atoms. The van der Waals surface area contributed by atoms with Crippen LogP contribution in [0.1, 0.15) is 12.0 Å². The lowest BCUT2D eigenvalue weighted by Crippen LogP contribution is -2.42. The topological polar surface area (TPSA) is 64.3 Å². The smallest absolute Gasteiger partial charge is 0.237 e. The minimum Gasteiger partial charge on any atom is -0.385 e. The van der Waals surface area contributed by atoms with Gasteiger partial charge in [0.05, 0.1) is 6.04 Å². The van der Waals surface area contributed by atoms with E-state index in [4.69, 9.17) is 10.5 Å². The standard InChI is InChI=1S/C13H20N2O2/c1-17-9-5-8-15-13(16)12(14)10-11-6-3-2-4-7-11/h2-4,6-7,12H,5,8-10,14H2,1H3,(H,15,16)/t12-/m1/s1. The molecule has 1 atom stereocenters. The minimum absolute atomic E-state index is 0.107. The summed E-state index contributed by atoms with van der Waals surface area (Å²) in [6.45, 7) is 1.25. The Morgan fingerprint density at radius 3 is 2.76 bits per heavy atom. The van der Waals surface area contributed by atoms with Gasteiger partial charge in [0.1, 0.15) is 0 Å². The second-order valence-electron chi connectivity index (χ2n) is 3.93. The van der Waals surface area contributed by atoms with E-state index in [1.807, 2.05) is 30.3 Å². The molecule has 4 heteroatoms. The molecule has 0 saturated heterocycles. The molecule has 1 amide bonds. The summed E-state index contributed by atoms with van der Waals surface area (Å²) in [6.07, 6.45) is 1.37. The summed E-state index contributed by atoms with van der Waals surface area (Å²) in [5, 5.41) is 2.79. The summed E-state index contributed by atoms with van der Waals surface area (Å²) in [6, 6.07) is 9.28. The van der Waals surface area contributed by atoms with E-state index in [0.717, 1.165) is 12.0 Å². The van der Waals surface area contributed by atoms with E-state index in [9.17, 15) is 4.79 Å². The Hall–Kier alpha value is -1.39. The highest BCUT2D eigenvalue weighted by Gasteiger charge is 2.12. The minimum atomic E-state index is -0.486. The van der Waals surface area contributed by atoms with Crippen LogP contribution in [0.5, 0.6) is 0 Å². The Kier molecular flexibility index (Phi) is 6.29. The largest absolute Gasteiger partial charge is 0.385 e. The summed E-state index contributed by atoms with van der Waals surface area (Å²) >= 11 is 0. The second-order valence-corrected chi connectivity index (χ2v) is 3.93. The van der Waals surface area contributed by atoms with Crippen LogP contribution in [0.25, 0.3) is 0 Å². The molecule has 3 N–H and O–H groups in total. The monoisotopic (exact) mass is 236 g/mol. The first-order valence-corrected chi connectivity index (χ1v) is 5.80. The summed E-state index contributed by atoms with van der Waals surface area (Å²) in [4.78, 5) is 11.6. The average Bonchev–Trinajstić information content (AvgIpc) is 2.35. The first kappa shape index (κ1) is 13.7. The van der Waals surface area contributed by atoms with Crippen molar-refractivity contribution in [2.45, 2.75) is 18.9 Å². The average molecular weight is 236 g/mol. The van der Waals surface area contributed by atoms with Crippen molar-refractivity contribution < 1.29 is 9.53 Å². The third-order valence-electron chi connectivity index (χ3n) is 2.46. The van der Waals surface area contributed by atoms with E-state index in [-0.39, 0.29) is 5.91 Å². The molecule has 1 rings (SSSR count). The quantitative estimate of drug-likeness (QED) is 0.685. The molecule has 0 aliphatic heterocycles. The molecular formula is C13H20N2O2. The zero-order valence-corrected chi connectivity index (χ0v) is 10.2. The SMILES string of the molecule is COCCCNC(=O)[C@H](N)Cc1ccccc1. The number of carbonyl (C=O) groups excluding carboxylic acids is 1. The van der Waals surface area contributed by atoms with Crippen molar-refractivity contribution in [3.63, 3.8) is 0 Å². The Morgan fingerprint density at radius 1 is 1.41 bits per heavy atom. The fourth-order valence-corrected chi connectivity index (χ4v) is 1.52. The van der Waals surface area contributed by atoms with Crippen molar-refractivity contribution in [2.75, 3.05) is 20.3 Å². The predicted molar refractivity (Wildman–Crippen MR) is 67.6 cm³/mol. The summed E-state index contributed by atoms with van der Waals surface area (Å²) in [5.74, 6) is -0.107. The van der Waals surface area contributed by atoms with Gasteiger partial charge in [-0.1, -0.05) is 30.3 Å².